The van der Waals surface area contributed by atoms with Gasteiger partial charge in [0.05, 0.1) is 15.3 Å². The number of thiophene rings is 1. The van der Waals surface area contributed by atoms with E-state index in [0.29, 0.717) is 9.35 Å². The number of phenolic OH excluding ortho intramolecular Hbond substituents is 1. The number of carboxylic acids is 1. The van der Waals surface area contributed by atoms with Crippen molar-refractivity contribution in [2.45, 2.75) is 13.3 Å². The first-order valence-corrected chi connectivity index (χ1v) is 7.17. The Morgan fingerprint density at radius 2 is 2.05 bits per heavy atom. The van der Waals surface area contributed by atoms with Crippen LogP contribution in [0.4, 0.5) is 0 Å². The minimum atomic E-state index is -0.977. The lowest BCUT2D eigenvalue weighted by Crippen LogP contribution is -2.13. The third kappa shape index (κ3) is 2.96. The normalized spacial score (nSPS) is 12.5. The molecule has 0 radical (unpaired) electrons. The smallest absolute Gasteiger partial charge is 0.306 e. The molecule has 1 aromatic carbocycles. The van der Waals surface area contributed by atoms with Crippen molar-refractivity contribution in [1.82, 2.24) is 0 Å². The number of ketones is 1. The van der Waals surface area contributed by atoms with Crippen molar-refractivity contribution in [3.8, 4) is 5.75 Å². The van der Waals surface area contributed by atoms with Crippen LogP contribution in [0.5, 0.6) is 5.75 Å². The van der Waals surface area contributed by atoms with Crippen LogP contribution in [0.1, 0.15) is 23.0 Å². The number of phenols is 1. The number of hydrogen-bond acceptors (Lipinski definition) is 4. The summed E-state index contributed by atoms with van der Waals surface area (Å²) in [5.74, 6) is -1.75. The van der Waals surface area contributed by atoms with Crippen molar-refractivity contribution in [3.63, 3.8) is 0 Å². The highest BCUT2D eigenvalue weighted by Crippen LogP contribution is 2.34. The van der Waals surface area contributed by atoms with Crippen molar-refractivity contribution < 1.29 is 19.8 Å². The summed E-state index contributed by atoms with van der Waals surface area (Å²) in [6.45, 7) is 1.51. The van der Waals surface area contributed by atoms with Gasteiger partial charge in [-0.05, 0) is 39.5 Å². The fourth-order valence-electron chi connectivity index (χ4n) is 1.65. The Kier molecular flexibility index (Phi) is 3.91. The molecule has 4 nitrogen and oxygen atoms in total. The standard InChI is InChI=1S/C13H11BrO4S/c1-6(13(17)18)2-10(16)12-4-7-3-9(15)8(14)5-11(7)19-12/h3-6,15H,2H2,1H3,(H,17,18)/t6-/m0/s1. The number of carboxylic acid groups (broad SMARTS) is 1. The van der Waals surface area contributed by atoms with Gasteiger partial charge in [0.1, 0.15) is 5.75 Å². The first-order valence-electron chi connectivity index (χ1n) is 5.56. The van der Waals surface area contributed by atoms with E-state index in [1.807, 2.05) is 0 Å². The molecule has 2 N–H and O–H groups in total. The number of Topliss-reactive ketones (excluding diaryl/α,β-unsaturated/α-hetero) is 1. The van der Waals surface area contributed by atoms with E-state index in [1.165, 1.54) is 18.3 Å². The van der Waals surface area contributed by atoms with E-state index in [9.17, 15) is 14.7 Å². The topological polar surface area (TPSA) is 74.6 Å². The molecule has 2 aromatic rings. The van der Waals surface area contributed by atoms with Gasteiger partial charge in [-0.15, -0.1) is 11.3 Å². The lowest BCUT2D eigenvalue weighted by molar-refractivity contribution is -0.141. The van der Waals surface area contributed by atoms with E-state index in [-0.39, 0.29) is 18.0 Å². The van der Waals surface area contributed by atoms with Gasteiger partial charge in [0.2, 0.25) is 0 Å². The summed E-state index contributed by atoms with van der Waals surface area (Å²) in [4.78, 5) is 23.2. The first kappa shape index (κ1) is 14.0. The maximum atomic E-state index is 12.0. The number of rotatable bonds is 4. The minimum absolute atomic E-state index is 0.0185. The third-order valence-corrected chi connectivity index (χ3v) is 4.55. The number of benzene rings is 1. The fourth-order valence-corrected chi connectivity index (χ4v) is 3.18. The first-order chi connectivity index (χ1) is 8.88. The molecular weight excluding hydrogens is 332 g/mol. The predicted octanol–water partition coefficient (Wildman–Crippen LogP) is 3.66. The van der Waals surface area contributed by atoms with Crippen LogP contribution in [-0.2, 0) is 4.79 Å². The van der Waals surface area contributed by atoms with Gasteiger partial charge in [-0.1, -0.05) is 6.92 Å². The van der Waals surface area contributed by atoms with E-state index in [1.54, 1.807) is 18.2 Å². The van der Waals surface area contributed by atoms with E-state index in [4.69, 9.17) is 5.11 Å². The maximum Gasteiger partial charge on any atom is 0.306 e. The van der Waals surface area contributed by atoms with Gasteiger partial charge < -0.3 is 10.2 Å². The summed E-state index contributed by atoms with van der Waals surface area (Å²) in [6.07, 6.45) is -0.0185. The van der Waals surface area contributed by atoms with Gasteiger partial charge in [0.15, 0.2) is 5.78 Å². The van der Waals surface area contributed by atoms with Crippen LogP contribution in [0.3, 0.4) is 0 Å². The largest absolute Gasteiger partial charge is 0.507 e. The molecule has 0 aliphatic rings. The molecule has 1 heterocycles. The minimum Gasteiger partial charge on any atom is -0.507 e. The third-order valence-electron chi connectivity index (χ3n) is 2.77. The Morgan fingerprint density at radius 1 is 1.37 bits per heavy atom. The number of fused-ring (bicyclic) bond motifs is 1. The van der Waals surface area contributed by atoms with Gasteiger partial charge in [-0.2, -0.15) is 0 Å². The van der Waals surface area contributed by atoms with Gasteiger partial charge >= 0.3 is 5.97 Å². The zero-order valence-electron chi connectivity index (χ0n) is 10.0. The number of carbonyl (C=O) groups is 2. The molecular formula is C13H11BrO4S. The zero-order valence-corrected chi connectivity index (χ0v) is 12.4. The molecule has 1 atom stereocenters. The molecule has 2 rings (SSSR count). The van der Waals surface area contributed by atoms with Crippen LogP contribution in [0, 0.1) is 5.92 Å². The van der Waals surface area contributed by atoms with Crippen LogP contribution < -0.4 is 0 Å². The molecule has 0 saturated carbocycles. The molecule has 0 saturated heterocycles. The van der Waals surface area contributed by atoms with Gasteiger partial charge in [-0.3, -0.25) is 9.59 Å². The van der Waals surface area contributed by atoms with E-state index >= 15 is 0 Å². The zero-order chi connectivity index (χ0) is 14.2. The predicted molar refractivity (Wildman–Crippen MR) is 76.9 cm³/mol. The molecule has 0 spiro atoms. The second-order valence-electron chi connectivity index (χ2n) is 4.32. The number of aromatic hydroxyl groups is 1. The second-order valence-corrected chi connectivity index (χ2v) is 6.26. The highest BCUT2D eigenvalue weighted by Gasteiger charge is 2.19. The summed E-state index contributed by atoms with van der Waals surface area (Å²) in [6, 6.07) is 5.00. The molecule has 0 amide bonds. The molecule has 100 valence electrons. The van der Waals surface area contributed by atoms with Crippen LogP contribution in [-0.4, -0.2) is 22.0 Å². The fraction of sp³-hybridized carbons (Fsp3) is 0.231. The Bertz CT molecular complexity index is 623. The number of hydrogen-bond donors (Lipinski definition) is 2. The molecule has 0 aliphatic heterocycles. The monoisotopic (exact) mass is 342 g/mol. The molecule has 0 aliphatic carbocycles. The summed E-state index contributed by atoms with van der Waals surface area (Å²) in [5, 5.41) is 19.2. The van der Waals surface area contributed by atoms with Gasteiger partial charge in [0.25, 0.3) is 0 Å². The van der Waals surface area contributed by atoms with Crippen molar-refractivity contribution in [3.05, 3.63) is 27.5 Å². The van der Waals surface area contributed by atoms with Crippen LogP contribution in [0.25, 0.3) is 10.1 Å². The molecule has 0 bridgehead atoms. The second kappa shape index (κ2) is 5.30. The van der Waals surface area contributed by atoms with E-state index in [0.717, 1.165) is 10.1 Å². The average Bonchev–Trinajstić information content (AvgIpc) is 2.72. The van der Waals surface area contributed by atoms with Crippen LogP contribution >= 0.6 is 27.3 Å². The Morgan fingerprint density at radius 3 is 2.68 bits per heavy atom. The lowest BCUT2D eigenvalue weighted by Gasteiger charge is -2.02. The van der Waals surface area contributed by atoms with Crippen molar-refractivity contribution in [1.29, 1.82) is 0 Å². The summed E-state index contributed by atoms with van der Waals surface area (Å²) >= 11 is 4.51. The lowest BCUT2D eigenvalue weighted by atomic mass is 10.0. The quantitative estimate of drug-likeness (QED) is 0.831. The average molecular weight is 343 g/mol. The summed E-state index contributed by atoms with van der Waals surface area (Å²) in [5.41, 5.74) is 0. The number of halogens is 1. The van der Waals surface area contributed by atoms with Gasteiger partial charge in [0, 0.05) is 11.1 Å². The van der Waals surface area contributed by atoms with Crippen LogP contribution in [0.15, 0.2) is 22.7 Å². The Balaban J connectivity index is 2.31. The Labute approximate surface area is 121 Å². The van der Waals surface area contributed by atoms with Gasteiger partial charge in [-0.25, -0.2) is 0 Å². The Hall–Kier alpha value is -1.40. The SMILES string of the molecule is C[C@@H](CC(=O)c1cc2cc(O)c(Br)cc2s1)C(=O)O. The van der Waals surface area contributed by atoms with Crippen LogP contribution in [0.2, 0.25) is 0 Å². The maximum absolute atomic E-state index is 12.0. The molecule has 1 aromatic heterocycles. The van der Waals surface area contributed by atoms with E-state index in [2.05, 4.69) is 15.9 Å². The number of aliphatic carboxylic acids is 1. The summed E-state index contributed by atoms with van der Waals surface area (Å²) < 4.78 is 1.44. The molecule has 0 unspecified atom stereocenters. The van der Waals surface area contributed by atoms with Crippen molar-refractivity contribution in [2.24, 2.45) is 5.92 Å². The van der Waals surface area contributed by atoms with Crippen molar-refractivity contribution >= 4 is 49.1 Å². The highest BCUT2D eigenvalue weighted by molar-refractivity contribution is 9.10. The van der Waals surface area contributed by atoms with Crippen molar-refractivity contribution in [2.75, 3.05) is 0 Å². The summed E-state index contributed by atoms with van der Waals surface area (Å²) in [7, 11) is 0. The van der Waals surface area contributed by atoms with E-state index < -0.39 is 11.9 Å². The highest BCUT2D eigenvalue weighted by atomic mass is 79.9. The molecule has 6 heteroatoms. The number of carbonyl (C=O) groups excluding carboxylic acids is 1. The molecule has 19 heavy (non-hydrogen) atoms. The molecule has 0 fully saturated rings.